The largest absolute Gasteiger partial charge is 0.346 e. The maximum atomic E-state index is 2.48. The zero-order valence-electron chi connectivity index (χ0n) is 10.1. The van der Waals surface area contributed by atoms with Gasteiger partial charge in [-0.15, -0.1) is 0 Å². The Morgan fingerprint density at radius 2 is 1.60 bits per heavy atom. The highest BCUT2D eigenvalue weighted by atomic mass is 15.1. The molecule has 2 saturated heterocycles. The molecule has 0 aromatic heterocycles. The first-order valence-electron chi connectivity index (χ1n) is 7.10. The molecule has 2 heterocycles. The summed E-state index contributed by atoms with van der Waals surface area (Å²) >= 11 is 0. The van der Waals surface area contributed by atoms with Gasteiger partial charge in [-0.3, -0.25) is 0 Å². The van der Waals surface area contributed by atoms with Crippen molar-refractivity contribution in [2.45, 2.75) is 44.9 Å². The molecule has 2 nitrogen and oxygen atoms in total. The van der Waals surface area contributed by atoms with Crippen LogP contribution in [0.25, 0.3) is 0 Å². The second kappa shape index (κ2) is 6.49. The number of piperidine rings is 1. The maximum Gasteiger partial charge on any atom is 0.0773 e. The van der Waals surface area contributed by atoms with E-state index < -0.39 is 0 Å². The summed E-state index contributed by atoms with van der Waals surface area (Å²) in [5, 5.41) is 2.48. The summed E-state index contributed by atoms with van der Waals surface area (Å²) in [7, 11) is 0. The minimum absolute atomic E-state index is 1.06. The number of quaternary nitrogens is 2. The number of rotatable bonds is 3. The van der Waals surface area contributed by atoms with Crippen molar-refractivity contribution in [3.05, 3.63) is 0 Å². The van der Waals surface area contributed by atoms with Crippen molar-refractivity contribution >= 4 is 0 Å². The van der Waals surface area contributed by atoms with E-state index in [1.54, 1.807) is 0 Å². The average Bonchev–Trinajstić information content (AvgIpc) is 2.56. The first-order chi connectivity index (χ1) is 7.45. The van der Waals surface area contributed by atoms with Crippen LogP contribution in [-0.2, 0) is 0 Å². The Kier molecular flexibility index (Phi) is 4.94. The third-order valence-electron chi connectivity index (χ3n) is 4.27. The molecule has 0 atom stereocenters. The second-order valence-corrected chi connectivity index (χ2v) is 5.51. The summed E-state index contributed by atoms with van der Waals surface area (Å²) < 4.78 is 0. The molecular weight excluding hydrogens is 184 g/mol. The van der Waals surface area contributed by atoms with E-state index in [-0.39, 0.29) is 0 Å². The van der Waals surface area contributed by atoms with E-state index in [1.807, 2.05) is 4.90 Å². The van der Waals surface area contributed by atoms with Gasteiger partial charge in [-0.25, -0.2) is 0 Å². The molecule has 15 heavy (non-hydrogen) atoms. The quantitative estimate of drug-likeness (QED) is 0.647. The van der Waals surface area contributed by atoms with Crippen molar-refractivity contribution in [3.63, 3.8) is 0 Å². The van der Waals surface area contributed by atoms with Gasteiger partial charge in [0.05, 0.1) is 32.7 Å². The van der Waals surface area contributed by atoms with Gasteiger partial charge in [0.1, 0.15) is 0 Å². The summed E-state index contributed by atoms with van der Waals surface area (Å²) in [6.07, 6.45) is 10.4. The highest BCUT2D eigenvalue weighted by Gasteiger charge is 2.18. The Morgan fingerprint density at radius 3 is 2.27 bits per heavy atom. The molecule has 0 saturated carbocycles. The molecule has 0 amide bonds. The van der Waals surface area contributed by atoms with Crippen molar-refractivity contribution in [1.29, 1.82) is 0 Å². The monoisotopic (exact) mass is 212 g/mol. The van der Waals surface area contributed by atoms with Gasteiger partial charge in [-0.1, -0.05) is 0 Å². The van der Waals surface area contributed by atoms with Crippen molar-refractivity contribution in [3.8, 4) is 0 Å². The number of hydrogen-bond donors (Lipinski definition) is 2. The van der Waals surface area contributed by atoms with Gasteiger partial charge in [0, 0.05) is 0 Å². The lowest BCUT2D eigenvalue weighted by molar-refractivity contribution is -0.900. The summed E-state index contributed by atoms with van der Waals surface area (Å²) in [5.74, 6) is 1.06. The molecule has 0 aromatic carbocycles. The lowest BCUT2D eigenvalue weighted by atomic mass is 9.94. The van der Waals surface area contributed by atoms with Gasteiger partial charge < -0.3 is 10.2 Å². The molecular formula is C13H28N2+2. The molecule has 3 N–H and O–H groups in total. The molecule has 88 valence electrons. The lowest BCUT2D eigenvalue weighted by Crippen LogP contribution is -3.11. The van der Waals surface area contributed by atoms with Crippen molar-refractivity contribution in [2.24, 2.45) is 5.92 Å². The molecule has 2 aliphatic rings. The summed E-state index contributed by atoms with van der Waals surface area (Å²) in [6.45, 7) is 7.16. The van der Waals surface area contributed by atoms with Gasteiger partial charge in [0.2, 0.25) is 0 Å². The fourth-order valence-electron chi connectivity index (χ4n) is 3.17. The van der Waals surface area contributed by atoms with E-state index in [2.05, 4.69) is 5.32 Å². The van der Waals surface area contributed by atoms with E-state index in [0.29, 0.717) is 0 Å². The topological polar surface area (TPSA) is 21.1 Å². The molecule has 0 spiro atoms. The van der Waals surface area contributed by atoms with Gasteiger partial charge in [0.25, 0.3) is 0 Å². The minimum atomic E-state index is 1.06. The van der Waals surface area contributed by atoms with Crippen LogP contribution in [-0.4, -0.2) is 32.7 Å². The number of nitrogens with one attached hydrogen (secondary N) is 1. The highest BCUT2D eigenvalue weighted by molar-refractivity contribution is 4.60. The van der Waals surface area contributed by atoms with Gasteiger partial charge >= 0.3 is 0 Å². The Balaban J connectivity index is 1.62. The number of likely N-dealkylation sites (tertiary alicyclic amines) is 1. The normalized spacial score (nSPS) is 26.4. The van der Waals surface area contributed by atoms with E-state index in [0.717, 1.165) is 5.92 Å². The van der Waals surface area contributed by atoms with E-state index in [9.17, 15) is 0 Å². The van der Waals surface area contributed by atoms with Crippen LogP contribution in [0, 0.1) is 5.92 Å². The minimum Gasteiger partial charge on any atom is -0.346 e. The summed E-state index contributed by atoms with van der Waals surface area (Å²) in [5.41, 5.74) is 0. The molecule has 2 fully saturated rings. The van der Waals surface area contributed by atoms with Crippen molar-refractivity contribution < 1.29 is 10.2 Å². The smallest absolute Gasteiger partial charge is 0.0773 e. The van der Waals surface area contributed by atoms with E-state index in [4.69, 9.17) is 0 Å². The van der Waals surface area contributed by atoms with Crippen LogP contribution >= 0.6 is 0 Å². The van der Waals surface area contributed by atoms with Crippen molar-refractivity contribution in [1.82, 2.24) is 0 Å². The average molecular weight is 212 g/mol. The van der Waals surface area contributed by atoms with Crippen LogP contribution < -0.4 is 10.2 Å². The van der Waals surface area contributed by atoms with Gasteiger partial charge in [0.15, 0.2) is 0 Å². The predicted octanol–water partition coefficient (Wildman–Crippen LogP) is -0.191. The van der Waals surface area contributed by atoms with Crippen molar-refractivity contribution in [2.75, 3.05) is 32.7 Å². The zero-order valence-corrected chi connectivity index (χ0v) is 10.1. The summed E-state index contributed by atoms with van der Waals surface area (Å²) in [4.78, 5) is 1.90. The molecule has 2 rings (SSSR count). The van der Waals surface area contributed by atoms with Crippen LogP contribution in [0.2, 0.25) is 0 Å². The third-order valence-corrected chi connectivity index (χ3v) is 4.27. The SMILES string of the molecule is C1CCC[NH+](CCC2CC[NH2+]CC2)CC1. The number of nitrogens with two attached hydrogens (primary N) is 1. The maximum absolute atomic E-state index is 2.48. The first kappa shape index (κ1) is 11.4. The Hall–Kier alpha value is -0.0800. The predicted molar refractivity (Wildman–Crippen MR) is 63.0 cm³/mol. The Morgan fingerprint density at radius 1 is 0.933 bits per heavy atom. The fourth-order valence-corrected chi connectivity index (χ4v) is 3.17. The van der Waals surface area contributed by atoms with Crippen LogP contribution in [0.5, 0.6) is 0 Å². The van der Waals surface area contributed by atoms with E-state index in [1.165, 1.54) is 77.7 Å². The van der Waals surface area contributed by atoms with Gasteiger partial charge in [-0.2, -0.15) is 0 Å². The Labute approximate surface area is 94.4 Å². The molecule has 0 radical (unpaired) electrons. The highest BCUT2D eigenvalue weighted by Crippen LogP contribution is 2.12. The van der Waals surface area contributed by atoms with E-state index >= 15 is 0 Å². The fraction of sp³-hybridized carbons (Fsp3) is 1.00. The summed E-state index contributed by atoms with van der Waals surface area (Å²) in [6, 6.07) is 0. The second-order valence-electron chi connectivity index (χ2n) is 5.51. The molecule has 0 unspecified atom stereocenters. The van der Waals surface area contributed by atoms with Crippen LogP contribution in [0.3, 0.4) is 0 Å². The molecule has 0 aromatic rings. The first-order valence-corrected chi connectivity index (χ1v) is 7.10. The van der Waals surface area contributed by atoms with Crippen LogP contribution in [0.15, 0.2) is 0 Å². The standard InChI is InChI=1S/C13H26N2/c1-2-4-11-15(10-3-1)12-7-13-5-8-14-9-6-13/h13-14H,1-12H2/p+2. The molecule has 0 aliphatic carbocycles. The van der Waals surface area contributed by atoms with Gasteiger partial charge in [-0.05, 0) is 50.9 Å². The number of hydrogen-bond acceptors (Lipinski definition) is 0. The zero-order chi connectivity index (χ0) is 10.3. The molecule has 0 bridgehead atoms. The molecule has 2 heteroatoms. The lowest BCUT2D eigenvalue weighted by Gasteiger charge is -2.23. The third kappa shape index (κ3) is 4.12. The Bertz CT molecular complexity index is 156. The van der Waals surface area contributed by atoms with Crippen LogP contribution in [0.1, 0.15) is 44.9 Å². The molecule has 2 aliphatic heterocycles. The van der Waals surface area contributed by atoms with Crippen LogP contribution in [0.4, 0.5) is 0 Å².